The molecule has 0 amide bonds. The molecule has 0 aliphatic rings. The van der Waals surface area contributed by atoms with Gasteiger partial charge in [0, 0.05) is 33.2 Å². The minimum Gasteiger partial charge on any atom is -0.496 e. The van der Waals surface area contributed by atoms with Gasteiger partial charge in [-0.1, -0.05) is 46.3 Å². The van der Waals surface area contributed by atoms with Gasteiger partial charge in [-0.2, -0.15) is 5.10 Å². The van der Waals surface area contributed by atoms with Crippen molar-refractivity contribution in [2.24, 2.45) is 10.1 Å². The lowest BCUT2D eigenvalue weighted by molar-refractivity contribution is 0.414. The van der Waals surface area contributed by atoms with Crippen LogP contribution in [-0.4, -0.2) is 24.0 Å². The maximum atomic E-state index is 5.38. The Morgan fingerprint density at radius 1 is 1.14 bits per heavy atom. The van der Waals surface area contributed by atoms with E-state index in [-0.39, 0.29) is 6.04 Å². The van der Waals surface area contributed by atoms with E-state index in [1.165, 1.54) is 0 Å². The van der Waals surface area contributed by atoms with Crippen LogP contribution in [-0.2, 0) is 0 Å². The summed E-state index contributed by atoms with van der Waals surface area (Å²) in [5, 5.41) is 6.75. The third kappa shape index (κ3) is 5.09. The zero-order valence-electron chi connectivity index (χ0n) is 16.0. The highest BCUT2D eigenvalue weighted by Gasteiger charge is 2.08. The number of nitrogens with zero attached hydrogens (tertiary/aromatic N) is 3. The third-order valence-electron chi connectivity index (χ3n) is 3.86. The fourth-order valence-electron chi connectivity index (χ4n) is 2.62. The maximum absolute atomic E-state index is 5.38. The van der Waals surface area contributed by atoms with Crippen molar-refractivity contribution in [3.05, 3.63) is 74.8 Å². The van der Waals surface area contributed by atoms with Crippen molar-refractivity contribution in [1.29, 1.82) is 0 Å². The Labute approximate surface area is 177 Å². The molecule has 144 valence electrons. The van der Waals surface area contributed by atoms with Gasteiger partial charge in [-0.25, -0.2) is 4.68 Å². The van der Waals surface area contributed by atoms with E-state index in [1.54, 1.807) is 24.7 Å². The molecule has 0 N–H and O–H groups in total. The minimum atomic E-state index is 0.194. The fourth-order valence-corrected chi connectivity index (χ4v) is 3.99. The molecule has 0 fully saturated rings. The number of hydrogen-bond donors (Lipinski definition) is 0. The van der Waals surface area contributed by atoms with Crippen molar-refractivity contribution < 1.29 is 4.74 Å². The summed E-state index contributed by atoms with van der Waals surface area (Å²) in [6.45, 7) is 4.13. The Morgan fingerprint density at radius 3 is 2.71 bits per heavy atom. The molecule has 4 nitrogen and oxygen atoms in total. The second kappa shape index (κ2) is 9.66. The first-order valence-corrected chi connectivity index (χ1v) is 10.6. The molecular formula is C22H22BrN3OS. The van der Waals surface area contributed by atoms with Crippen LogP contribution in [0.5, 0.6) is 5.75 Å². The van der Waals surface area contributed by atoms with E-state index < -0.39 is 0 Å². The van der Waals surface area contributed by atoms with E-state index >= 15 is 0 Å². The second-order valence-corrected chi connectivity index (χ2v) is 8.07. The zero-order chi connectivity index (χ0) is 19.9. The molecule has 28 heavy (non-hydrogen) atoms. The number of benzene rings is 2. The van der Waals surface area contributed by atoms with Crippen LogP contribution in [0.1, 0.15) is 19.4 Å². The van der Waals surface area contributed by atoms with E-state index in [1.807, 2.05) is 53.2 Å². The van der Waals surface area contributed by atoms with Gasteiger partial charge in [0.25, 0.3) is 0 Å². The summed E-state index contributed by atoms with van der Waals surface area (Å²) in [5.41, 5.74) is 3.10. The highest BCUT2D eigenvalue weighted by atomic mass is 79.9. The van der Waals surface area contributed by atoms with Gasteiger partial charge in [0.15, 0.2) is 0 Å². The SMILES string of the molecule is COc1ccccc1C=CC=Nn1c(-c2cccc(Br)c2)csc1=NC(C)C. The summed E-state index contributed by atoms with van der Waals surface area (Å²) in [5.74, 6) is 0.834. The van der Waals surface area contributed by atoms with Crippen LogP contribution in [0.3, 0.4) is 0 Å². The summed E-state index contributed by atoms with van der Waals surface area (Å²) < 4.78 is 8.30. The Bertz CT molecular complexity index is 1060. The predicted octanol–water partition coefficient (Wildman–Crippen LogP) is 5.84. The largest absolute Gasteiger partial charge is 0.496 e. The van der Waals surface area contributed by atoms with E-state index in [4.69, 9.17) is 9.73 Å². The van der Waals surface area contributed by atoms with Crippen LogP contribution in [0.15, 0.2) is 74.6 Å². The van der Waals surface area contributed by atoms with Crippen molar-refractivity contribution in [3.63, 3.8) is 0 Å². The van der Waals surface area contributed by atoms with Crippen LogP contribution in [0.4, 0.5) is 0 Å². The first-order chi connectivity index (χ1) is 13.6. The van der Waals surface area contributed by atoms with Crippen LogP contribution in [0.25, 0.3) is 17.3 Å². The lowest BCUT2D eigenvalue weighted by Crippen LogP contribution is -2.14. The van der Waals surface area contributed by atoms with Gasteiger partial charge in [0.1, 0.15) is 5.75 Å². The number of thiazole rings is 1. The molecule has 6 heteroatoms. The Kier molecular flexibility index (Phi) is 7.01. The Hall–Kier alpha value is -2.44. The van der Waals surface area contributed by atoms with Gasteiger partial charge < -0.3 is 4.74 Å². The van der Waals surface area contributed by atoms with E-state index in [0.29, 0.717) is 0 Å². The third-order valence-corrected chi connectivity index (χ3v) is 5.18. The highest BCUT2D eigenvalue weighted by molar-refractivity contribution is 9.10. The monoisotopic (exact) mass is 455 g/mol. The topological polar surface area (TPSA) is 38.9 Å². The van der Waals surface area contributed by atoms with Gasteiger partial charge in [-0.05, 0) is 44.2 Å². The van der Waals surface area contributed by atoms with E-state index in [2.05, 4.69) is 52.4 Å². The van der Waals surface area contributed by atoms with Gasteiger partial charge in [0.05, 0.1) is 12.8 Å². The number of halogens is 1. The van der Waals surface area contributed by atoms with Gasteiger partial charge in [-0.3, -0.25) is 4.99 Å². The Balaban J connectivity index is 1.96. The number of hydrogen-bond acceptors (Lipinski definition) is 4. The summed E-state index contributed by atoms with van der Waals surface area (Å²) in [4.78, 5) is 5.57. The lowest BCUT2D eigenvalue weighted by Gasteiger charge is -2.04. The van der Waals surface area contributed by atoms with Gasteiger partial charge in [-0.15, -0.1) is 11.3 Å². The maximum Gasteiger partial charge on any atom is 0.206 e. The molecule has 0 aliphatic heterocycles. The highest BCUT2D eigenvalue weighted by Crippen LogP contribution is 2.23. The van der Waals surface area contributed by atoms with Crippen LogP contribution < -0.4 is 9.54 Å². The molecule has 0 unspecified atom stereocenters. The molecule has 2 aromatic carbocycles. The molecule has 1 aromatic heterocycles. The Morgan fingerprint density at radius 2 is 1.96 bits per heavy atom. The average Bonchev–Trinajstić information content (AvgIpc) is 3.07. The zero-order valence-corrected chi connectivity index (χ0v) is 18.4. The molecule has 0 saturated carbocycles. The first-order valence-electron chi connectivity index (χ1n) is 8.93. The lowest BCUT2D eigenvalue weighted by atomic mass is 10.2. The molecule has 0 radical (unpaired) electrons. The van der Waals surface area contributed by atoms with E-state index in [0.717, 1.165) is 31.8 Å². The summed E-state index contributed by atoms with van der Waals surface area (Å²) in [6.07, 6.45) is 5.67. The summed E-state index contributed by atoms with van der Waals surface area (Å²) >= 11 is 5.13. The average molecular weight is 456 g/mol. The van der Waals surface area contributed by atoms with Crippen molar-refractivity contribution in [1.82, 2.24) is 4.68 Å². The molecule has 1 heterocycles. The normalized spacial score (nSPS) is 12.5. The van der Waals surface area contributed by atoms with Crippen LogP contribution in [0, 0.1) is 0 Å². The molecule has 0 saturated heterocycles. The smallest absolute Gasteiger partial charge is 0.206 e. The molecule has 0 aliphatic carbocycles. The van der Waals surface area contributed by atoms with Crippen LogP contribution in [0.2, 0.25) is 0 Å². The summed E-state index contributed by atoms with van der Waals surface area (Å²) in [6, 6.07) is 16.3. The quantitative estimate of drug-likeness (QED) is 0.429. The molecule has 3 rings (SSSR count). The minimum absolute atomic E-state index is 0.194. The van der Waals surface area contributed by atoms with Gasteiger partial charge in [0.2, 0.25) is 4.80 Å². The standard InChI is InChI=1S/C22H22BrN3OS/c1-16(2)25-22-26(20(15-28-22)18-9-6-11-19(23)14-18)24-13-7-10-17-8-4-5-12-21(17)27-3/h4-16H,1-3H3. The molecule has 0 bridgehead atoms. The van der Waals surface area contributed by atoms with E-state index in [9.17, 15) is 0 Å². The summed E-state index contributed by atoms with van der Waals surface area (Å²) in [7, 11) is 1.67. The number of ether oxygens (including phenoxy) is 1. The number of aromatic nitrogens is 1. The van der Waals surface area contributed by atoms with Crippen molar-refractivity contribution in [2.75, 3.05) is 7.11 Å². The second-order valence-electron chi connectivity index (χ2n) is 6.31. The van der Waals surface area contributed by atoms with Crippen LogP contribution >= 0.6 is 27.3 Å². The number of rotatable bonds is 6. The number of methoxy groups -OCH3 is 1. The van der Waals surface area contributed by atoms with Crippen molar-refractivity contribution in [3.8, 4) is 17.0 Å². The fraction of sp³-hybridized carbons (Fsp3) is 0.182. The molecule has 0 spiro atoms. The predicted molar refractivity (Wildman–Crippen MR) is 122 cm³/mol. The molecule has 3 aromatic rings. The first kappa shape index (κ1) is 20.3. The molecule has 0 atom stereocenters. The van der Waals surface area contributed by atoms with Gasteiger partial charge >= 0.3 is 0 Å². The number of para-hydroxylation sites is 1. The van der Waals surface area contributed by atoms with Crippen molar-refractivity contribution in [2.45, 2.75) is 19.9 Å². The number of allylic oxidation sites excluding steroid dienone is 1. The van der Waals surface area contributed by atoms with Crippen molar-refractivity contribution >= 4 is 39.6 Å². The molecular weight excluding hydrogens is 434 g/mol.